The number of hydrogen-bond acceptors (Lipinski definition) is 1. The van der Waals surface area contributed by atoms with Crippen LogP contribution in [0.1, 0.15) is 23.7 Å². The monoisotopic (exact) mass is 224 g/mol. The Morgan fingerprint density at radius 1 is 1.18 bits per heavy atom. The average Bonchev–Trinajstić information content (AvgIpc) is 2.53. The summed E-state index contributed by atoms with van der Waals surface area (Å²) in [6.07, 6.45) is 5.35. The molecule has 0 saturated carbocycles. The van der Waals surface area contributed by atoms with Crippen molar-refractivity contribution in [3.05, 3.63) is 46.8 Å². The van der Waals surface area contributed by atoms with Gasteiger partial charge in [-0.05, 0) is 25.0 Å². The Labute approximate surface area is 102 Å². The maximum absolute atomic E-state index is 4.56. The van der Waals surface area contributed by atoms with Gasteiger partial charge >= 0.3 is 0 Å². The molecule has 0 radical (unpaired) electrons. The number of fused-ring (bicyclic) bond motifs is 3. The number of aryl methyl sites for hydroxylation is 2. The van der Waals surface area contributed by atoms with Crippen LogP contribution in [0.3, 0.4) is 0 Å². The van der Waals surface area contributed by atoms with Crippen molar-refractivity contribution in [3.63, 3.8) is 0 Å². The second kappa shape index (κ2) is 3.59. The van der Waals surface area contributed by atoms with Gasteiger partial charge in [-0.25, -0.2) is 0 Å². The molecule has 0 N–H and O–H groups in total. The van der Waals surface area contributed by atoms with E-state index in [-0.39, 0.29) is 0 Å². The molecule has 0 saturated heterocycles. The molecule has 1 aliphatic rings. The van der Waals surface area contributed by atoms with Crippen LogP contribution in [-0.2, 0) is 13.5 Å². The predicted octanol–water partition coefficient (Wildman–Crippen LogP) is 3.35. The van der Waals surface area contributed by atoms with Crippen LogP contribution in [0, 0.1) is 6.92 Å². The number of nitrogens with zero attached hydrogens (tertiary/aromatic N) is 2. The molecule has 0 spiro atoms. The smallest absolute Gasteiger partial charge is 0.0743 e. The second-order valence-electron chi connectivity index (χ2n) is 4.92. The van der Waals surface area contributed by atoms with E-state index in [9.17, 15) is 0 Å². The molecule has 0 fully saturated rings. The van der Waals surface area contributed by atoms with Crippen molar-refractivity contribution in [2.45, 2.75) is 20.3 Å². The molecular weight excluding hydrogens is 208 g/mol. The third kappa shape index (κ3) is 1.70. The van der Waals surface area contributed by atoms with Crippen LogP contribution in [0.2, 0.25) is 0 Å². The molecule has 2 nitrogen and oxygen atoms in total. The van der Waals surface area contributed by atoms with Gasteiger partial charge in [-0.1, -0.05) is 35.4 Å². The first-order chi connectivity index (χ1) is 8.13. The number of aromatic nitrogens is 2. The van der Waals surface area contributed by atoms with E-state index in [1.807, 2.05) is 11.7 Å². The van der Waals surface area contributed by atoms with Crippen molar-refractivity contribution in [1.82, 2.24) is 9.78 Å². The zero-order chi connectivity index (χ0) is 12.0. The van der Waals surface area contributed by atoms with E-state index >= 15 is 0 Å². The first-order valence-corrected chi connectivity index (χ1v) is 5.94. The van der Waals surface area contributed by atoms with Crippen LogP contribution in [0.15, 0.2) is 30.0 Å². The van der Waals surface area contributed by atoms with E-state index in [1.54, 1.807) is 0 Å². The quantitative estimate of drug-likeness (QED) is 0.671. The molecule has 2 aromatic rings. The van der Waals surface area contributed by atoms with E-state index in [0.29, 0.717) is 0 Å². The topological polar surface area (TPSA) is 17.8 Å². The molecule has 1 aliphatic carbocycles. The maximum Gasteiger partial charge on any atom is 0.0743 e. The van der Waals surface area contributed by atoms with Crippen molar-refractivity contribution in [3.8, 4) is 11.1 Å². The number of benzene rings is 1. The molecule has 0 unspecified atom stereocenters. The van der Waals surface area contributed by atoms with Gasteiger partial charge < -0.3 is 0 Å². The summed E-state index contributed by atoms with van der Waals surface area (Å²) in [5.74, 6) is 0. The molecule has 1 heterocycles. The van der Waals surface area contributed by atoms with Crippen LogP contribution in [0.25, 0.3) is 17.2 Å². The van der Waals surface area contributed by atoms with Crippen molar-refractivity contribution >= 4 is 6.08 Å². The van der Waals surface area contributed by atoms with Gasteiger partial charge in [0.2, 0.25) is 0 Å². The van der Waals surface area contributed by atoms with Gasteiger partial charge in [0.05, 0.1) is 5.69 Å². The summed E-state index contributed by atoms with van der Waals surface area (Å²) in [5, 5.41) is 4.56. The van der Waals surface area contributed by atoms with E-state index in [2.05, 4.69) is 49.4 Å². The largest absolute Gasteiger partial charge is 0.275 e. The molecule has 86 valence electrons. The van der Waals surface area contributed by atoms with Crippen LogP contribution < -0.4 is 0 Å². The van der Waals surface area contributed by atoms with E-state index in [4.69, 9.17) is 0 Å². The third-order valence-electron chi connectivity index (χ3n) is 3.25. The SMILES string of the molecule is CC1=Cc2cc(C)ccc2-c2cn(C)nc2C1. The molecule has 0 atom stereocenters. The van der Waals surface area contributed by atoms with Gasteiger partial charge in [0.1, 0.15) is 0 Å². The molecule has 3 rings (SSSR count). The minimum atomic E-state index is 0.948. The van der Waals surface area contributed by atoms with Gasteiger partial charge in [0, 0.05) is 25.2 Å². The van der Waals surface area contributed by atoms with Gasteiger partial charge in [-0.15, -0.1) is 0 Å². The highest BCUT2D eigenvalue weighted by molar-refractivity contribution is 5.79. The molecule has 0 aliphatic heterocycles. The normalized spacial score (nSPS) is 13.7. The van der Waals surface area contributed by atoms with Crippen LogP contribution in [0.5, 0.6) is 0 Å². The Hall–Kier alpha value is -1.83. The molecule has 1 aromatic heterocycles. The lowest BCUT2D eigenvalue weighted by Gasteiger charge is -2.04. The third-order valence-corrected chi connectivity index (χ3v) is 3.25. The molecule has 0 bridgehead atoms. The summed E-state index contributed by atoms with van der Waals surface area (Å²) in [4.78, 5) is 0. The maximum atomic E-state index is 4.56. The fourth-order valence-electron chi connectivity index (χ4n) is 2.52. The Morgan fingerprint density at radius 2 is 2.00 bits per heavy atom. The fourth-order valence-corrected chi connectivity index (χ4v) is 2.52. The number of rotatable bonds is 0. The van der Waals surface area contributed by atoms with Gasteiger partial charge in [-0.3, -0.25) is 4.68 Å². The Bertz CT molecular complexity index is 618. The molecule has 0 amide bonds. The van der Waals surface area contributed by atoms with Crippen LogP contribution in [0.4, 0.5) is 0 Å². The minimum Gasteiger partial charge on any atom is -0.275 e. The Morgan fingerprint density at radius 3 is 2.82 bits per heavy atom. The molecule has 1 aromatic carbocycles. The highest BCUT2D eigenvalue weighted by atomic mass is 15.2. The molecule has 17 heavy (non-hydrogen) atoms. The lowest BCUT2D eigenvalue weighted by atomic mass is 9.99. The average molecular weight is 224 g/mol. The summed E-state index contributed by atoms with van der Waals surface area (Å²) < 4.78 is 1.91. The summed E-state index contributed by atoms with van der Waals surface area (Å²) in [7, 11) is 1.99. The van der Waals surface area contributed by atoms with Crippen molar-refractivity contribution in [2.75, 3.05) is 0 Å². The zero-order valence-electron chi connectivity index (χ0n) is 10.5. The van der Waals surface area contributed by atoms with Crippen LogP contribution in [-0.4, -0.2) is 9.78 Å². The fraction of sp³-hybridized carbons (Fsp3) is 0.267. The van der Waals surface area contributed by atoms with Crippen LogP contribution >= 0.6 is 0 Å². The predicted molar refractivity (Wildman–Crippen MR) is 70.7 cm³/mol. The van der Waals surface area contributed by atoms with E-state index in [1.165, 1.54) is 33.5 Å². The summed E-state index contributed by atoms with van der Waals surface area (Å²) >= 11 is 0. The highest BCUT2D eigenvalue weighted by Gasteiger charge is 2.16. The molecular formula is C15H16N2. The lowest BCUT2D eigenvalue weighted by Crippen LogP contribution is -1.91. The summed E-state index contributed by atoms with van der Waals surface area (Å²) in [5.41, 5.74) is 7.75. The number of hydrogen-bond donors (Lipinski definition) is 0. The summed E-state index contributed by atoms with van der Waals surface area (Å²) in [6.45, 7) is 4.31. The standard InChI is InChI=1S/C15H16N2/c1-10-4-5-13-12(6-10)7-11(2)8-15-14(13)9-17(3)16-15/h4-7,9H,8H2,1-3H3. The Balaban J connectivity index is 2.32. The van der Waals surface area contributed by atoms with Crippen molar-refractivity contribution in [1.29, 1.82) is 0 Å². The van der Waals surface area contributed by atoms with E-state index < -0.39 is 0 Å². The lowest BCUT2D eigenvalue weighted by molar-refractivity contribution is 0.748. The van der Waals surface area contributed by atoms with Gasteiger partial charge in [0.25, 0.3) is 0 Å². The second-order valence-corrected chi connectivity index (χ2v) is 4.92. The molecule has 2 heteroatoms. The first kappa shape index (κ1) is 10.3. The van der Waals surface area contributed by atoms with Crippen molar-refractivity contribution in [2.24, 2.45) is 7.05 Å². The number of allylic oxidation sites excluding steroid dienone is 1. The van der Waals surface area contributed by atoms with E-state index in [0.717, 1.165) is 6.42 Å². The summed E-state index contributed by atoms with van der Waals surface area (Å²) in [6, 6.07) is 6.63. The minimum absolute atomic E-state index is 0.948. The zero-order valence-corrected chi connectivity index (χ0v) is 10.5. The first-order valence-electron chi connectivity index (χ1n) is 5.94. The highest BCUT2D eigenvalue weighted by Crippen LogP contribution is 2.33. The Kier molecular flexibility index (Phi) is 2.18. The van der Waals surface area contributed by atoms with Crippen molar-refractivity contribution < 1.29 is 0 Å². The van der Waals surface area contributed by atoms with Gasteiger partial charge in [-0.2, -0.15) is 5.10 Å². The van der Waals surface area contributed by atoms with Gasteiger partial charge in [0.15, 0.2) is 0 Å².